The van der Waals surface area contributed by atoms with Crippen LogP contribution in [-0.4, -0.2) is 26.1 Å². The number of benzene rings is 1. The molecule has 1 aromatic heterocycles. The number of aromatic nitrogens is 3. The van der Waals surface area contributed by atoms with Crippen LogP contribution >= 0.6 is 0 Å². The summed E-state index contributed by atoms with van der Waals surface area (Å²) in [6.07, 6.45) is 1.31. The number of halogens is 1. The lowest BCUT2D eigenvalue weighted by atomic mass is 10.1. The van der Waals surface area contributed by atoms with Crippen LogP contribution in [0.3, 0.4) is 0 Å². The molecule has 0 bridgehead atoms. The number of aryl methyl sites for hydroxylation is 1. The highest BCUT2D eigenvalue weighted by Crippen LogP contribution is 2.11. The molecule has 0 radical (unpaired) electrons. The SMILES string of the molecule is Cc1ccc(F)cc1Cn1cc(C(=O)O)nn1. The third-order valence-electron chi connectivity index (χ3n) is 2.40. The molecule has 5 nitrogen and oxygen atoms in total. The van der Waals surface area contributed by atoms with Gasteiger partial charge in [0.25, 0.3) is 0 Å². The van der Waals surface area contributed by atoms with Crippen molar-refractivity contribution in [2.45, 2.75) is 13.5 Å². The fourth-order valence-electron chi connectivity index (χ4n) is 1.46. The van der Waals surface area contributed by atoms with Crippen LogP contribution in [0.15, 0.2) is 24.4 Å². The number of hydrogen-bond acceptors (Lipinski definition) is 3. The summed E-state index contributed by atoms with van der Waals surface area (Å²) >= 11 is 0. The normalized spacial score (nSPS) is 10.5. The van der Waals surface area contributed by atoms with Gasteiger partial charge in [-0.15, -0.1) is 5.10 Å². The molecular formula is C11H10FN3O2. The van der Waals surface area contributed by atoms with E-state index in [2.05, 4.69) is 10.3 Å². The lowest BCUT2D eigenvalue weighted by Gasteiger charge is -2.05. The van der Waals surface area contributed by atoms with Crippen LogP contribution in [0.2, 0.25) is 0 Å². The highest BCUT2D eigenvalue weighted by molar-refractivity contribution is 5.84. The average molecular weight is 235 g/mol. The molecule has 1 aromatic carbocycles. The fraction of sp³-hybridized carbons (Fsp3) is 0.182. The van der Waals surface area contributed by atoms with E-state index in [1.54, 1.807) is 6.07 Å². The Bertz CT molecular complexity index is 566. The highest BCUT2D eigenvalue weighted by atomic mass is 19.1. The second-order valence-corrected chi connectivity index (χ2v) is 3.68. The zero-order valence-electron chi connectivity index (χ0n) is 9.09. The zero-order chi connectivity index (χ0) is 12.4. The minimum atomic E-state index is -1.13. The van der Waals surface area contributed by atoms with Crippen molar-refractivity contribution >= 4 is 5.97 Å². The molecular weight excluding hydrogens is 225 g/mol. The summed E-state index contributed by atoms with van der Waals surface area (Å²) in [4.78, 5) is 10.6. The van der Waals surface area contributed by atoms with E-state index in [0.29, 0.717) is 6.54 Å². The smallest absolute Gasteiger partial charge is 0.358 e. The quantitative estimate of drug-likeness (QED) is 0.874. The third-order valence-corrected chi connectivity index (χ3v) is 2.40. The van der Waals surface area contributed by atoms with E-state index >= 15 is 0 Å². The van der Waals surface area contributed by atoms with E-state index in [4.69, 9.17) is 5.11 Å². The minimum Gasteiger partial charge on any atom is -0.476 e. The van der Waals surface area contributed by atoms with Gasteiger partial charge in [0.15, 0.2) is 5.69 Å². The van der Waals surface area contributed by atoms with Crippen molar-refractivity contribution in [3.63, 3.8) is 0 Å². The zero-order valence-corrected chi connectivity index (χ0v) is 9.09. The van der Waals surface area contributed by atoms with Crippen LogP contribution < -0.4 is 0 Å². The highest BCUT2D eigenvalue weighted by Gasteiger charge is 2.09. The van der Waals surface area contributed by atoms with E-state index in [-0.39, 0.29) is 11.5 Å². The Labute approximate surface area is 96.5 Å². The molecule has 0 aliphatic carbocycles. The molecule has 1 heterocycles. The molecule has 0 fully saturated rings. The molecule has 88 valence electrons. The summed E-state index contributed by atoms with van der Waals surface area (Å²) in [5.74, 6) is -1.46. The molecule has 1 N–H and O–H groups in total. The van der Waals surface area contributed by atoms with Crippen molar-refractivity contribution in [2.75, 3.05) is 0 Å². The van der Waals surface area contributed by atoms with Gasteiger partial charge in [0.2, 0.25) is 0 Å². The summed E-state index contributed by atoms with van der Waals surface area (Å²) in [6, 6.07) is 4.44. The first-order valence-electron chi connectivity index (χ1n) is 4.95. The minimum absolute atomic E-state index is 0.126. The lowest BCUT2D eigenvalue weighted by molar-refractivity contribution is 0.0690. The van der Waals surface area contributed by atoms with Gasteiger partial charge in [-0.3, -0.25) is 0 Å². The topological polar surface area (TPSA) is 68.0 Å². The van der Waals surface area contributed by atoms with Crippen LogP contribution in [0.5, 0.6) is 0 Å². The Morgan fingerprint density at radius 3 is 2.94 bits per heavy atom. The molecule has 0 saturated heterocycles. The first kappa shape index (κ1) is 11.3. The van der Waals surface area contributed by atoms with Crippen LogP contribution in [-0.2, 0) is 6.54 Å². The van der Waals surface area contributed by atoms with Crippen molar-refractivity contribution in [3.05, 3.63) is 47.0 Å². The Kier molecular flexibility index (Phi) is 2.86. The van der Waals surface area contributed by atoms with Gasteiger partial charge in [-0.05, 0) is 30.2 Å². The summed E-state index contributed by atoms with van der Waals surface area (Å²) < 4.78 is 14.4. The monoisotopic (exact) mass is 235 g/mol. The number of nitrogens with zero attached hydrogens (tertiary/aromatic N) is 3. The molecule has 6 heteroatoms. The third kappa shape index (κ3) is 2.47. The molecule has 0 atom stereocenters. The van der Waals surface area contributed by atoms with Gasteiger partial charge in [-0.2, -0.15) is 0 Å². The van der Waals surface area contributed by atoms with Gasteiger partial charge >= 0.3 is 5.97 Å². The second-order valence-electron chi connectivity index (χ2n) is 3.68. The van der Waals surface area contributed by atoms with Gasteiger partial charge in [-0.1, -0.05) is 11.3 Å². The molecule has 0 aliphatic heterocycles. The van der Waals surface area contributed by atoms with E-state index < -0.39 is 5.97 Å². The number of aromatic carboxylic acids is 1. The molecule has 0 amide bonds. The maximum atomic E-state index is 13.0. The van der Waals surface area contributed by atoms with Gasteiger partial charge in [0.05, 0.1) is 12.7 Å². The fourth-order valence-corrected chi connectivity index (χ4v) is 1.46. The molecule has 2 aromatic rings. The van der Waals surface area contributed by atoms with E-state index in [9.17, 15) is 9.18 Å². The Morgan fingerprint density at radius 1 is 1.53 bits per heavy atom. The molecule has 2 rings (SSSR count). The van der Waals surface area contributed by atoms with E-state index in [1.165, 1.54) is 23.0 Å². The van der Waals surface area contributed by atoms with Crippen LogP contribution in [0.25, 0.3) is 0 Å². The Balaban J connectivity index is 2.25. The standard InChI is InChI=1S/C11H10FN3O2/c1-7-2-3-9(12)4-8(7)5-15-6-10(11(16)17)13-14-15/h2-4,6H,5H2,1H3,(H,16,17). The van der Waals surface area contributed by atoms with Gasteiger partial charge in [-0.25, -0.2) is 13.9 Å². The van der Waals surface area contributed by atoms with E-state index in [0.717, 1.165) is 11.1 Å². The number of carbonyl (C=O) groups is 1. The predicted molar refractivity (Wildman–Crippen MR) is 57.2 cm³/mol. The Hall–Kier alpha value is -2.24. The van der Waals surface area contributed by atoms with Crippen LogP contribution in [0.4, 0.5) is 4.39 Å². The molecule has 0 saturated carbocycles. The number of hydrogen-bond donors (Lipinski definition) is 1. The van der Waals surface area contributed by atoms with Crippen molar-refractivity contribution in [1.82, 2.24) is 15.0 Å². The predicted octanol–water partition coefficient (Wildman–Crippen LogP) is 1.47. The average Bonchev–Trinajstić information content (AvgIpc) is 2.72. The maximum absolute atomic E-state index is 13.0. The second kappa shape index (κ2) is 4.32. The first-order chi connectivity index (χ1) is 8.06. The van der Waals surface area contributed by atoms with Gasteiger partial charge in [0.1, 0.15) is 5.82 Å². The largest absolute Gasteiger partial charge is 0.476 e. The Morgan fingerprint density at radius 2 is 2.29 bits per heavy atom. The van der Waals surface area contributed by atoms with Gasteiger partial charge in [0, 0.05) is 0 Å². The van der Waals surface area contributed by atoms with Crippen molar-refractivity contribution in [3.8, 4) is 0 Å². The number of carboxylic acid groups (broad SMARTS) is 1. The van der Waals surface area contributed by atoms with E-state index in [1.807, 2.05) is 6.92 Å². The molecule has 17 heavy (non-hydrogen) atoms. The van der Waals surface area contributed by atoms with Crippen LogP contribution in [0.1, 0.15) is 21.6 Å². The van der Waals surface area contributed by atoms with Gasteiger partial charge < -0.3 is 5.11 Å². The summed E-state index contributed by atoms with van der Waals surface area (Å²) in [5, 5.41) is 15.8. The molecule has 0 spiro atoms. The molecule has 0 unspecified atom stereocenters. The van der Waals surface area contributed by atoms with Crippen molar-refractivity contribution < 1.29 is 14.3 Å². The lowest BCUT2D eigenvalue weighted by Crippen LogP contribution is -2.03. The van der Waals surface area contributed by atoms with Crippen molar-refractivity contribution in [1.29, 1.82) is 0 Å². The summed E-state index contributed by atoms with van der Waals surface area (Å²) in [6.45, 7) is 2.15. The van der Waals surface area contributed by atoms with Crippen LogP contribution in [0, 0.1) is 12.7 Å². The maximum Gasteiger partial charge on any atom is 0.358 e. The summed E-state index contributed by atoms with van der Waals surface area (Å²) in [5.41, 5.74) is 1.53. The number of rotatable bonds is 3. The molecule has 0 aliphatic rings. The first-order valence-corrected chi connectivity index (χ1v) is 4.95. The summed E-state index contributed by atoms with van der Waals surface area (Å²) in [7, 11) is 0. The van der Waals surface area contributed by atoms with Crippen molar-refractivity contribution in [2.24, 2.45) is 0 Å². The number of carboxylic acids is 1.